The molecule has 1 fully saturated rings. The summed E-state index contributed by atoms with van der Waals surface area (Å²) in [5, 5.41) is 10.8. The second kappa shape index (κ2) is 7.86. The number of esters is 1. The van der Waals surface area contributed by atoms with Crippen molar-refractivity contribution < 1.29 is 14.5 Å². The average molecular weight is 307 g/mol. The van der Waals surface area contributed by atoms with Crippen LogP contribution in [-0.4, -0.2) is 60.0 Å². The van der Waals surface area contributed by atoms with Crippen molar-refractivity contribution in [3.05, 3.63) is 39.9 Å². The van der Waals surface area contributed by atoms with Crippen LogP contribution in [0.3, 0.4) is 0 Å². The summed E-state index contributed by atoms with van der Waals surface area (Å²) in [6, 6.07) is 6.78. The van der Waals surface area contributed by atoms with E-state index >= 15 is 0 Å². The number of ether oxygens (including phenoxy) is 1. The molecule has 22 heavy (non-hydrogen) atoms. The van der Waals surface area contributed by atoms with Crippen molar-refractivity contribution in [2.75, 3.05) is 39.3 Å². The number of nitro groups is 1. The highest BCUT2D eigenvalue weighted by molar-refractivity contribution is 5.65. The van der Waals surface area contributed by atoms with E-state index in [4.69, 9.17) is 4.74 Å². The molecular formula is C15H21N3O4. The van der Waals surface area contributed by atoms with Crippen molar-refractivity contribution in [2.45, 2.75) is 13.5 Å². The van der Waals surface area contributed by atoms with Crippen LogP contribution in [0.1, 0.15) is 12.5 Å². The van der Waals surface area contributed by atoms with E-state index in [1.54, 1.807) is 12.1 Å². The molecule has 1 heterocycles. The smallest absolute Gasteiger partial charge is 0.302 e. The van der Waals surface area contributed by atoms with Crippen LogP contribution < -0.4 is 0 Å². The predicted octanol–water partition coefficient (Wildman–Crippen LogP) is 1.28. The molecule has 0 aromatic heterocycles. The zero-order valence-corrected chi connectivity index (χ0v) is 12.7. The minimum absolute atomic E-state index is 0.137. The Morgan fingerprint density at radius 1 is 1.27 bits per heavy atom. The minimum Gasteiger partial charge on any atom is -0.465 e. The quantitative estimate of drug-likeness (QED) is 0.447. The molecule has 1 aliphatic rings. The molecule has 0 bridgehead atoms. The van der Waals surface area contributed by atoms with E-state index in [0.717, 1.165) is 44.8 Å². The first kappa shape index (κ1) is 16.4. The first-order chi connectivity index (χ1) is 10.5. The Morgan fingerprint density at radius 3 is 2.59 bits per heavy atom. The molecule has 0 amide bonds. The number of nitro benzene ring substituents is 1. The number of carbonyl (C=O) groups is 1. The fourth-order valence-corrected chi connectivity index (χ4v) is 2.52. The molecule has 1 aromatic rings. The van der Waals surface area contributed by atoms with Crippen LogP contribution in [-0.2, 0) is 16.1 Å². The Labute approximate surface area is 129 Å². The number of nitrogens with zero attached hydrogens (tertiary/aromatic N) is 3. The van der Waals surface area contributed by atoms with E-state index < -0.39 is 0 Å². The Bertz CT molecular complexity index is 527. The lowest BCUT2D eigenvalue weighted by Crippen LogP contribution is -2.46. The summed E-state index contributed by atoms with van der Waals surface area (Å²) in [4.78, 5) is 25.7. The maximum Gasteiger partial charge on any atom is 0.302 e. The third-order valence-electron chi connectivity index (χ3n) is 3.71. The average Bonchev–Trinajstić information content (AvgIpc) is 2.49. The first-order valence-electron chi connectivity index (χ1n) is 7.36. The second-order valence-electron chi connectivity index (χ2n) is 5.38. The van der Waals surface area contributed by atoms with Gasteiger partial charge in [0.25, 0.3) is 5.69 Å². The molecule has 0 radical (unpaired) electrons. The molecule has 0 N–H and O–H groups in total. The lowest BCUT2D eigenvalue weighted by Gasteiger charge is -2.34. The van der Waals surface area contributed by atoms with Crippen LogP contribution in [0.5, 0.6) is 0 Å². The van der Waals surface area contributed by atoms with Crippen molar-refractivity contribution >= 4 is 11.7 Å². The lowest BCUT2D eigenvalue weighted by molar-refractivity contribution is -0.384. The number of non-ortho nitro benzene ring substituents is 1. The summed E-state index contributed by atoms with van der Waals surface area (Å²) >= 11 is 0. The molecular weight excluding hydrogens is 286 g/mol. The summed E-state index contributed by atoms with van der Waals surface area (Å²) in [6.07, 6.45) is 0. The van der Waals surface area contributed by atoms with Crippen LogP contribution in [0.2, 0.25) is 0 Å². The van der Waals surface area contributed by atoms with E-state index in [0.29, 0.717) is 6.61 Å². The van der Waals surface area contributed by atoms with Gasteiger partial charge in [0.15, 0.2) is 0 Å². The maximum absolute atomic E-state index is 10.8. The summed E-state index contributed by atoms with van der Waals surface area (Å²) < 4.78 is 4.94. The molecule has 1 aliphatic heterocycles. The Kier molecular flexibility index (Phi) is 5.85. The molecule has 1 saturated heterocycles. The van der Waals surface area contributed by atoms with Gasteiger partial charge in [-0.1, -0.05) is 12.1 Å². The number of rotatable bonds is 6. The van der Waals surface area contributed by atoms with Gasteiger partial charge in [0, 0.05) is 58.3 Å². The fraction of sp³-hybridized carbons (Fsp3) is 0.533. The highest BCUT2D eigenvalue weighted by atomic mass is 16.6. The van der Waals surface area contributed by atoms with Crippen molar-refractivity contribution in [2.24, 2.45) is 0 Å². The molecule has 0 unspecified atom stereocenters. The Hall–Kier alpha value is -1.99. The van der Waals surface area contributed by atoms with E-state index in [1.165, 1.54) is 13.0 Å². The molecule has 120 valence electrons. The number of carbonyl (C=O) groups excluding carboxylic acids is 1. The highest BCUT2D eigenvalue weighted by Crippen LogP contribution is 2.15. The SMILES string of the molecule is CC(=O)OCCN1CCN(Cc2cccc([N+](=O)[O-])c2)CC1. The van der Waals surface area contributed by atoms with Gasteiger partial charge in [-0.3, -0.25) is 24.7 Å². The zero-order valence-electron chi connectivity index (χ0n) is 12.7. The summed E-state index contributed by atoms with van der Waals surface area (Å²) in [5.74, 6) is -0.246. The summed E-state index contributed by atoms with van der Waals surface area (Å²) in [7, 11) is 0. The van der Waals surface area contributed by atoms with Gasteiger partial charge < -0.3 is 4.74 Å². The zero-order chi connectivity index (χ0) is 15.9. The van der Waals surface area contributed by atoms with Gasteiger partial charge in [-0.25, -0.2) is 0 Å². The Morgan fingerprint density at radius 2 is 1.95 bits per heavy atom. The van der Waals surface area contributed by atoms with E-state index in [9.17, 15) is 14.9 Å². The van der Waals surface area contributed by atoms with Crippen molar-refractivity contribution in [3.63, 3.8) is 0 Å². The van der Waals surface area contributed by atoms with Crippen LogP contribution in [0, 0.1) is 10.1 Å². The van der Waals surface area contributed by atoms with Crippen LogP contribution in [0.15, 0.2) is 24.3 Å². The fourth-order valence-electron chi connectivity index (χ4n) is 2.52. The first-order valence-corrected chi connectivity index (χ1v) is 7.36. The molecule has 7 nitrogen and oxygen atoms in total. The highest BCUT2D eigenvalue weighted by Gasteiger charge is 2.17. The van der Waals surface area contributed by atoms with Gasteiger partial charge in [0.1, 0.15) is 6.61 Å². The van der Waals surface area contributed by atoms with Crippen LogP contribution >= 0.6 is 0 Å². The third kappa shape index (κ3) is 5.09. The van der Waals surface area contributed by atoms with Gasteiger partial charge in [-0.05, 0) is 5.56 Å². The van der Waals surface area contributed by atoms with Gasteiger partial charge >= 0.3 is 5.97 Å². The van der Waals surface area contributed by atoms with E-state index in [-0.39, 0.29) is 16.6 Å². The van der Waals surface area contributed by atoms with Crippen molar-refractivity contribution in [1.82, 2.24) is 9.80 Å². The molecule has 0 spiro atoms. The molecule has 0 saturated carbocycles. The maximum atomic E-state index is 10.8. The van der Waals surface area contributed by atoms with Gasteiger partial charge in [-0.2, -0.15) is 0 Å². The van der Waals surface area contributed by atoms with Crippen molar-refractivity contribution in [1.29, 1.82) is 0 Å². The lowest BCUT2D eigenvalue weighted by atomic mass is 10.1. The second-order valence-corrected chi connectivity index (χ2v) is 5.38. The number of benzene rings is 1. The van der Waals surface area contributed by atoms with Gasteiger partial charge in [0.2, 0.25) is 0 Å². The predicted molar refractivity (Wildman–Crippen MR) is 81.4 cm³/mol. The molecule has 0 aliphatic carbocycles. The number of hydrogen-bond donors (Lipinski definition) is 0. The van der Waals surface area contributed by atoms with E-state index in [2.05, 4.69) is 9.80 Å². The largest absolute Gasteiger partial charge is 0.465 e. The third-order valence-corrected chi connectivity index (χ3v) is 3.71. The molecule has 0 atom stereocenters. The molecule has 7 heteroatoms. The van der Waals surface area contributed by atoms with Crippen LogP contribution in [0.4, 0.5) is 5.69 Å². The topological polar surface area (TPSA) is 75.9 Å². The van der Waals surface area contributed by atoms with E-state index in [1.807, 2.05) is 6.07 Å². The number of hydrogen-bond acceptors (Lipinski definition) is 6. The minimum atomic E-state index is -0.365. The normalized spacial score (nSPS) is 16.4. The number of piperazine rings is 1. The van der Waals surface area contributed by atoms with Gasteiger partial charge in [-0.15, -0.1) is 0 Å². The summed E-state index contributed by atoms with van der Waals surface area (Å²) in [5.41, 5.74) is 1.10. The standard InChI is InChI=1S/C15H21N3O4/c1-13(19)22-10-9-16-5-7-17(8-6-16)12-14-3-2-4-15(11-14)18(20)21/h2-4,11H,5-10,12H2,1H3. The van der Waals surface area contributed by atoms with Crippen molar-refractivity contribution in [3.8, 4) is 0 Å². The molecule has 2 rings (SSSR count). The van der Waals surface area contributed by atoms with Crippen LogP contribution in [0.25, 0.3) is 0 Å². The van der Waals surface area contributed by atoms with Gasteiger partial charge in [0.05, 0.1) is 4.92 Å². The Balaban J connectivity index is 1.76. The summed E-state index contributed by atoms with van der Waals surface area (Å²) in [6.45, 7) is 6.96. The monoisotopic (exact) mass is 307 g/mol. The molecule has 1 aromatic carbocycles.